The maximum atomic E-state index is 12.5. The zero-order valence-electron chi connectivity index (χ0n) is 16.6. The molecule has 2 aromatic carbocycles. The van der Waals surface area contributed by atoms with Crippen LogP contribution in [-0.2, 0) is 16.0 Å². The lowest BCUT2D eigenvalue weighted by Gasteiger charge is -2.16. The molecule has 1 saturated heterocycles. The predicted octanol–water partition coefficient (Wildman–Crippen LogP) is 3.17. The quantitative estimate of drug-likeness (QED) is 0.647. The van der Waals surface area contributed by atoms with Crippen molar-refractivity contribution < 1.29 is 18.7 Å². The molecule has 8 heteroatoms. The fourth-order valence-corrected chi connectivity index (χ4v) is 3.42. The summed E-state index contributed by atoms with van der Waals surface area (Å²) in [6.45, 7) is 0.439. The largest absolute Gasteiger partial charge is 0.497 e. The molecule has 30 heavy (non-hydrogen) atoms. The monoisotopic (exact) mass is 406 g/mol. The number of nitrogens with zero attached hydrogens (tertiary/aromatic N) is 3. The molecule has 0 unspecified atom stereocenters. The van der Waals surface area contributed by atoms with Crippen LogP contribution in [0.15, 0.2) is 59.0 Å². The van der Waals surface area contributed by atoms with Crippen molar-refractivity contribution in [3.63, 3.8) is 0 Å². The number of methoxy groups -OCH3 is 1. The summed E-state index contributed by atoms with van der Waals surface area (Å²) in [5.74, 6) is 0.638. The first-order chi connectivity index (χ1) is 14.6. The maximum absolute atomic E-state index is 12.5. The fourth-order valence-electron chi connectivity index (χ4n) is 3.42. The summed E-state index contributed by atoms with van der Waals surface area (Å²) in [7, 11) is 1.60. The van der Waals surface area contributed by atoms with Crippen molar-refractivity contribution in [1.82, 2.24) is 10.2 Å². The van der Waals surface area contributed by atoms with Gasteiger partial charge in [0.2, 0.25) is 17.7 Å². The van der Waals surface area contributed by atoms with Crippen molar-refractivity contribution in [1.29, 1.82) is 0 Å². The van der Waals surface area contributed by atoms with Crippen molar-refractivity contribution in [3.05, 3.63) is 66.1 Å². The Balaban J connectivity index is 1.34. The van der Waals surface area contributed by atoms with E-state index >= 15 is 0 Å². The minimum Gasteiger partial charge on any atom is -0.497 e. The van der Waals surface area contributed by atoms with Gasteiger partial charge in [0.05, 0.1) is 13.0 Å². The van der Waals surface area contributed by atoms with Crippen LogP contribution < -0.4 is 15.0 Å². The minimum absolute atomic E-state index is 0.0168. The highest BCUT2D eigenvalue weighted by atomic mass is 16.5. The number of aryl methyl sites for hydroxylation is 1. The van der Waals surface area contributed by atoms with Crippen LogP contribution in [0.5, 0.6) is 5.75 Å². The number of nitrogens with one attached hydrogen (secondary N) is 1. The van der Waals surface area contributed by atoms with Crippen LogP contribution in [-0.4, -0.2) is 35.7 Å². The molecule has 1 aliphatic heterocycles. The number of hydrogen-bond acceptors (Lipinski definition) is 6. The van der Waals surface area contributed by atoms with E-state index in [0.717, 1.165) is 17.0 Å². The second-order valence-electron chi connectivity index (χ2n) is 7.08. The van der Waals surface area contributed by atoms with Gasteiger partial charge in [0.1, 0.15) is 5.75 Å². The third-order valence-electron chi connectivity index (χ3n) is 5.03. The van der Waals surface area contributed by atoms with Crippen LogP contribution in [0.1, 0.15) is 30.2 Å². The number of carbonyl (C=O) groups is 2. The van der Waals surface area contributed by atoms with Gasteiger partial charge in [0.15, 0.2) is 0 Å². The number of hydrogen-bond donors (Lipinski definition) is 1. The molecule has 1 aromatic heterocycles. The summed E-state index contributed by atoms with van der Waals surface area (Å²) in [4.78, 5) is 26.3. The maximum Gasteiger partial charge on any atom is 0.322 e. The van der Waals surface area contributed by atoms with Gasteiger partial charge in [0, 0.05) is 25.1 Å². The second-order valence-corrected chi connectivity index (χ2v) is 7.08. The highest BCUT2D eigenvalue weighted by molar-refractivity contribution is 5.96. The zero-order chi connectivity index (χ0) is 20.9. The average molecular weight is 406 g/mol. The lowest BCUT2D eigenvalue weighted by molar-refractivity contribution is -0.117. The van der Waals surface area contributed by atoms with E-state index < -0.39 is 0 Å². The standard InChI is InChI=1S/C22H22N4O4/c1-29-18-10-8-17(9-11-18)26-14-16(13-20(26)28)21-24-25-22(30-21)23-19(27)12-7-15-5-3-2-4-6-15/h2-6,8-11,16H,7,12-14H2,1H3,(H,23,25,27)/t16-/m0/s1. The van der Waals surface area contributed by atoms with Crippen molar-refractivity contribution in [2.45, 2.75) is 25.2 Å². The van der Waals surface area contributed by atoms with Crippen LogP contribution in [0.4, 0.5) is 11.7 Å². The third kappa shape index (κ3) is 4.48. The Morgan fingerprint density at radius 3 is 2.67 bits per heavy atom. The molecule has 0 aliphatic carbocycles. The molecular formula is C22H22N4O4. The van der Waals surface area contributed by atoms with Crippen molar-refractivity contribution in [2.24, 2.45) is 0 Å². The number of ether oxygens (including phenoxy) is 1. The summed E-state index contributed by atoms with van der Waals surface area (Å²) >= 11 is 0. The van der Waals surface area contributed by atoms with Crippen molar-refractivity contribution in [3.8, 4) is 5.75 Å². The normalized spacial score (nSPS) is 16.0. The van der Waals surface area contributed by atoms with E-state index in [1.54, 1.807) is 12.0 Å². The van der Waals surface area contributed by atoms with E-state index in [-0.39, 0.29) is 30.2 Å². The van der Waals surface area contributed by atoms with Gasteiger partial charge in [-0.1, -0.05) is 35.4 Å². The van der Waals surface area contributed by atoms with E-state index in [4.69, 9.17) is 9.15 Å². The molecular weight excluding hydrogens is 384 g/mol. The molecule has 1 fully saturated rings. The molecule has 1 N–H and O–H groups in total. The Labute approximate surface area is 173 Å². The Bertz CT molecular complexity index is 1020. The summed E-state index contributed by atoms with van der Waals surface area (Å²) in [6, 6.07) is 17.1. The van der Waals surface area contributed by atoms with Gasteiger partial charge < -0.3 is 14.1 Å². The summed E-state index contributed by atoms with van der Waals surface area (Å²) in [6.07, 6.45) is 1.21. The van der Waals surface area contributed by atoms with Gasteiger partial charge in [-0.2, -0.15) is 0 Å². The van der Waals surface area contributed by atoms with E-state index in [1.165, 1.54) is 0 Å². The lowest BCUT2D eigenvalue weighted by atomic mass is 10.1. The fraction of sp³-hybridized carbons (Fsp3) is 0.273. The molecule has 0 saturated carbocycles. The van der Waals surface area contributed by atoms with Crippen molar-refractivity contribution >= 4 is 23.5 Å². The molecule has 2 heterocycles. The van der Waals surface area contributed by atoms with Crippen LogP contribution in [0, 0.1) is 0 Å². The SMILES string of the molecule is COc1ccc(N2C[C@@H](c3nnc(NC(=O)CCc4ccccc4)o3)CC2=O)cc1. The summed E-state index contributed by atoms with van der Waals surface area (Å²) in [5, 5.41) is 10.6. The molecule has 1 atom stereocenters. The highest BCUT2D eigenvalue weighted by Gasteiger charge is 2.35. The van der Waals surface area contributed by atoms with E-state index in [9.17, 15) is 9.59 Å². The zero-order valence-corrected chi connectivity index (χ0v) is 16.6. The molecule has 8 nitrogen and oxygen atoms in total. The molecule has 0 bridgehead atoms. The number of benzene rings is 2. The lowest BCUT2D eigenvalue weighted by Crippen LogP contribution is -2.24. The topological polar surface area (TPSA) is 97.6 Å². The summed E-state index contributed by atoms with van der Waals surface area (Å²) < 4.78 is 10.8. The van der Waals surface area contributed by atoms with Crippen molar-refractivity contribution in [2.75, 3.05) is 23.9 Å². The van der Waals surface area contributed by atoms with Crippen LogP contribution >= 0.6 is 0 Å². The second kappa shape index (κ2) is 8.77. The summed E-state index contributed by atoms with van der Waals surface area (Å²) in [5.41, 5.74) is 1.87. The number of rotatable bonds is 7. The molecule has 3 aromatic rings. The Kier molecular flexibility index (Phi) is 5.74. The first-order valence-electron chi connectivity index (χ1n) is 9.74. The first kappa shape index (κ1) is 19.6. The van der Waals surface area contributed by atoms with Crippen LogP contribution in [0.25, 0.3) is 0 Å². The molecule has 0 radical (unpaired) electrons. The molecule has 2 amide bonds. The van der Waals surface area contributed by atoms with E-state index in [0.29, 0.717) is 25.3 Å². The number of carbonyl (C=O) groups excluding carboxylic acids is 2. The Hall–Kier alpha value is -3.68. The van der Waals surface area contributed by atoms with Gasteiger partial charge in [-0.05, 0) is 36.2 Å². The van der Waals surface area contributed by atoms with Crippen LogP contribution in [0.3, 0.4) is 0 Å². The third-order valence-corrected chi connectivity index (χ3v) is 5.03. The number of aromatic nitrogens is 2. The van der Waals surface area contributed by atoms with Gasteiger partial charge in [-0.15, -0.1) is 5.10 Å². The smallest absolute Gasteiger partial charge is 0.322 e. The average Bonchev–Trinajstić information content (AvgIpc) is 3.39. The van der Waals surface area contributed by atoms with Gasteiger partial charge in [-0.3, -0.25) is 14.9 Å². The number of amides is 2. The minimum atomic E-state index is -0.220. The van der Waals surface area contributed by atoms with Gasteiger partial charge >= 0.3 is 6.01 Å². The van der Waals surface area contributed by atoms with Gasteiger partial charge in [-0.25, -0.2) is 0 Å². The van der Waals surface area contributed by atoms with Gasteiger partial charge in [0.25, 0.3) is 0 Å². The molecule has 4 rings (SSSR count). The molecule has 154 valence electrons. The number of anilines is 2. The predicted molar refractivity (Wildman–Crippen MR) is 110 cm³/mol. The Morgan fingerprint density at radius 1 is 1.17 bits per heavy atom. The Morgan fingerprint density at radius 2 is 1.93 bits per heavy atom. The van der Waals surface area contributed by atoms with Crippen LogP contribution in [0.2, 0.25) is 0 Å². The molecule has 1 aliphatic rings. The first-order valence-corrected chi connectivity index (χ1v) is 9.74. The molecule has 0 spiro atoms. The van der Waals surface area contributed by atoms with E-state index in [2.05, 4.69) is 15.5 Å². The van der Waals surface area contributed by atoms with E-state index in [1.807, 2.05) is 54.6 Å². The highest BCUT2D eigenvalue weighted by Crippen LogP contribution is 2.32.